The van der Waals surface area contributed by atoms with E-state index < -0.39 is 6.67 Å². The van der Waals surface area contributed by atoms with Crippen LogP contribution in [-0.4, -0.2) is 36.5 Å². The van der Waals surface area contributed by atoms with Crippen LogP contribution in [0, 0.1) is 0 Å². The topological polar surface area (TPSA) is 62.1 Å². The molecule has 6 nitrogen and oxygen atoms in total. The van der Waals surface area contributed by atoms with Crippen molar-refractivity contribution in [2.24, 2.45) is 4.99 Å². The number of H-pyrrole nitrogens is 1. The SMILES string of the molecule is C=C1c2[nH]c(-c3cnn(Cc4cccc(CF)c4)c3)nc2N=C(Cl)N1CCC. The van der Waals surface area contributed by atoms with Crippen LogP contribution in [0.15, 0.2) is 48.2 Å². The van der Waals surface area contributed by atoms with E-state index in [1.165, 1.54) is 0 Å². The number of aliphatic imine (C=N–C) groups is 1. The van der Waals surface area contributed by atoms with Crippen molar-refractivity contribution in [2.75, 3.05) is 6.54 Å². The Kier molecular flexibility index (Phi) is 5.00. The first kappa shape index (κ1) is 18.4. The third-order valence-electron chi connectivity index (χ3n) is 4.56. The zero-order valence-electron chi connectivity index (χ0n) is 15.5. The van der Waals surface area contributed by atoms with E-state index in [1.807, 2.05) is 29.3 Å². The number of rotatable bonds is 6. The zero-order chi connectivity index (χ0) is 19.7. The van der Waals surface area contributed by atoms with Crippen LogP contribution in [0.5, 0.6) is 0 Å². The van der Waals surface area contributed by atoms with Gasteiger partial charge in [0.2, 0.25) is 5.29 Å². The Morgan fingerprint density at radius 3 is 2.89 bits per heavy atom. The van der Waals surface area contributed by atoms with Gasteiger partial charge in [-0.15, -0.1) is 0 Å². The van der Waals surface area contributed by atoms with Gasteiger partial charge in [0.05, 0.1) is 24.0 Å². The van der Waals surface area contributed by atoms with E-state index >= 15 is 0 Å². The van der Waals surface area contributed by atoms with Crippen molar-refractivity contribution >= 4 is 28.4 Å². The Balaban J connectivity index is 1.58. The lowest BCUT2D eigenvalue weighted by Gasteiger charge is -2.26. The Morgan fingerprint density at radius 1 is 1.29 bits per heavy atom. The second-order valence-electron chi connectivity index (χ2n) is 6.64. The molecule has 0 saturated carbocycles. The van der Waals surface area contributed by atoms with Gasteiger partial charge in [-0.25, -0.2) is 9.37 Å². The maximum absolute atomic E-state index is 12.9. The van der Waals surface area contributed by atoms with E-state index in [-0.39, 0.29) is 0 Å². The van der Waals surface area contributed by atoms with Crippen LogP contribution >= 0.6 is 11.6 Å². The third kappa shape index (κ3) is 3.45. The fourth-order valence-corrected chi connectivity index (χ4v) is 3.46. The minimum atomic E-state index is -0.474. The van der Waals surface area contributed by atoms with Crippen LogP contribution in [0.3, 0.4) is 0 Å². The van der Waals surface area contributed by atoms with Crippen molar-refractivity contribution in [2.45, 2.75) is 26.6 Å². The molecule has 0 unspecified atom stereocenters. The molecule has 0 spiro atoms. The maximum Gasteiger partial charge on any atom is 0.205 e. The molecule has 144 valence electrons. The molecule has 0 aliphatic carbocycles. The molecule has 0 atom stereocenters. The number of amidine groups is 1. The van der Waals surface area contributed by atoms with E-state index in [1.54, 1.807) is 16.9 Å². The van der Waals surface area contributed by atoms with E-state index in [0.717, 1.165) is 35.5 Å². The van der Waals surface area contributed by atoms with Gasteiger partial charge in [-0.1, -0.05) is 37.8 Å². The number of fused-ring (bicyclic) bond motifs is 1. The number of nitrogens with zero attached hydrogens (tertiary/aromatic N) is 5. The van der Waals surface area contributed by atoms with Gasteiger partial charge in [0.25, 0.3) is 0 Å². The molecular formula is C20H20ClFN6. The van der Waals surface area contributed by atoms with E-state index in [2.05, 4.69) is 33.6 Å². The van der Waals surface area contributed by atoms with Gasteiger partial charge in [0.15, 0.2) is 5.82 Å². The number of benzene rings is 1. The standard InChI is InChI=1S/C20H20ClFN6/c1-3-7-28-13(2)17-19(26-20(28)21)25-18(24-17)16-10-23-27(12-16)11-15-6-4-5-14(8-15)9-22/h4-6,8,10,12H,2-3,7,9,11H2,1H3,(H,24,25). The molecule has 2 aromatic heterocycles. The smallest absolute Gasteiger partial charge is 0.205 e. The first-order valence-electron chi connectivity index (χ1n) is 9.06. The minimum absolute atomic E-state index is 0.376. The first-order valence-corrected chi connectivity index (χ1v) is 9.44. The quantitative estimate of drug-likeness (QED) is 0.611. The molecule has 0 bridgehead atoms. The molecule has 1 aliphatic rings. The van der Waals surface area contributed by atoms with Crippen molar-refractivity contribution < 1.29 is 4.39 Å². The molecule has 1 aliphatic heterocycles. The molecule has 0 radical (unpaired) electrons. The Morgan fingerprint density at radius 2 is 2.11 bits per heavy atom. The summed E-state index contributed by atoms with van der Waals surface area (Å²) in [5.74, 6) is 1.18. The Labute approximate surface area is 167 Å². The molecular weight excluding hydrogens is 379 g/mol. The highest BCUT2D eigenvalue weighted by Gasteiger charge is 2.25. The third-order valence-corrected chi connectivity index (χ3v) is 4.85. The largest absolute Gasteiger partial charge is 0.335 e. The summed E-state index contributed by atoms with van der Waals surface area (Å²) in [4.78, 5) is 14.1. The fourth-order valence-electron chi connectivity index (χ4n) is 3.20. The number of aromatic nitrogens is 4. The highest BCUT2D eigenvalue weighted by Crippen LogP contribution is 2.34. The Hall–Kier alpha value is -2.93. The summed E-state index contributed by atoms with van der Waals surface area (Å²) in [6, 6.07) is 7.42. The van der Waals surface area contributed by atoms with Crippen molar-refractivity contribution in [1.82, 2.24) is 24.6 Å². The number of hydrogen-bond donors (Lipinski definition) is 1. The molecule has 0 fully saturated rings. The molecule has 0 saturated heterocycles. The lowest BCUT2D eigenvalue weighted by Crippen LogP contribution is -2.28. The summed E-state index contributed by atoms with van der Waals surface area (Å²) in [5, 5.41) is 4.77. The van der Waals surface area contributed by atoms with Gasteiger partial charge >= 0.3 is 0 Å². The zero-order valence-corrected chi connectivity index (χ0v) is 16.2. The Bertz CT molecular complexity index is 1050. The van der Waals surface area contributed by atoms with Crippen LogP contribution in [0.25, 0.3) is 17.1 Å². The van der Waals surface area contributed by atoms with Crippen molar-refractivity contribution in [3.05, 3.63) is 60.1 Å². The molecule has 4 rings (SSSR count). The maximum atomic E-state index is 12.9. The van der Waals surface area contributed by atoms with Gasteiger partial charge in [0, 0.05) is 12.7 Å². The minimum Gasteiger partial charge on any atom is -0.335 e. The predicted octanol–water partition coefficient (Wildman–Crippen LogP) is 4.71. The van der Waals surface area contributed by atoms with Gasteiger partial charge in [-0.2, -0.15) is 10.1 Å². The summed E-state index contributed by atoms with van der Waals surface area (Å²) in [6.07, 6.45) is 4.56. The number of aromatic amines is 1. The average Bonchev–Trinajstić information content (AvgIpc) is 3.32. The summed E-state index contributed by atoms with van der Waals surface area (Å²) in [7, 11) is 0. The second kappa shape index (κ2) is 7.59. The second-order valence-corrected chi connectivity index (χ2v) is 6.98. The van der Waals surface area contributed by atoms with Crippen LogP contribution in [0.4, 0.5) is 10.2 Å². The molecule has 8 heteroatoms. The van der Waals surface area contributed by atoms with E-state index in [4.69, 9.17) is 11.6 Å². The fraction of sp³-hybridized carbons (Fsp3) is 0.250. The summed E-state index contributed by atoms with van der Waals surface area (Å²) in [5.41, 5.74) is 4.00. The van der Waals surface area contributed by atoms with Crippen LogP contribution in [0.1, 0.15) is 30.2 Å². The number of alkyl halides is 1. The molecule has 0 amide bonds. The highest BCUT2D eigenvalue weighted by molar-refractivity contribution is 6.65. The molecule has 3 aromatic rings. The van der Waals surface area contributed by atoms with E-state index in [9.17, 15) is 4.39 Å². The monoisotopic (exact) mass is 398 g/mol. The molecule has 1 N–H and O–H groups in total. The average molecular weight is 399 g/mol. The van der Waals surface area contributed by atoms with Gasteiger partial charge < -0.3 is 9.88 Å². The summed E-state index contributed by atoms with van der Waals surface area (Å²) in [6.45, 7) is 7.02. The van der Waals surface area contributed by atoms with Gasteiger partial charge in [0.1, 0.15) is 18.2 Å². The molecule has 28 heavy (non-hydrogen) atoms. The van der Waals surface area contributed by atoms with Crippen molar-refractivity contribution in [3.8, 4) is 11.4 Å². The van der Waals surface area contributed by atoms with Crippen molar-refractivity contribution in [3.63, 3.8) is 0 Å². The number of hydrogen-bond acceptors (Lipinski definition) is 4. The van der Waals surface area contributed by atoms with Crippen molar-refractivity contribution in [1.29, 1.82) is 0 Å². The predicted molar refractivity (Wildman–Crippen MR) is 109 cm³/mol. The number of halogens is 2. The van der Waals surface area contributed by atoms with Crippen LogP contribution < -0.4 is 0 Å². The number of imidazole rings is 1. The normalized spacial score (nSPS) is 13.6. The molecule has 1 aromatic carbocycles. The van der Waals surface area contributed by atoms with Gasteiger partial charge in [-0.3, -0.25) is 4.68 Å². The van der Waals surface area contributed by atoms with Crippen LogP contribution in [-0.2, 0) is 13.2 Å². The number of nitrogens with one attached hydrogen (secondary N) is 1. The lowest BCUT2D eigenvalue weighted by atomic mass is 10.1. The molecule has 3 heterocycles. The highest BCUT2D eigenvalue weighted by atomic mass is 35.5. The van der Waals surface area contributed by atoms with E-state index in [0.29, 0.717) is 29.0 Å². The summed E-state index contributed by atoms with van der Waals surface area (Å²) >= 11 is 6.28. The first-order chi connectivity index (χ1) is 13.6. The van der Waals surface area contributed by atoms with Crippen LogP contribution in [0.2, 0.25) is 0 Å². The lowest BCUT2D eigenvalue weighted by molar-refractivity contribution is 0.484. The summed E-state index contributed by atoms with van der Waals surface area (Å²) < 4.78 is 14.6. The van der Waals surface area contributed by atoms with Gasteiger partial charge in [-0.05, 0) is 29.1 Å².